The summed E-state index contributed by atoms with van der Waals surface area (Å²) >= 11 is 1.63. The van der Waals surface area contributed by atoms with Gasteiger partial charge in [0.05, 0.1) is 17.3 Å². The van der Waals surface area contributed by atoms with Crippen LogP contribution in [0.2, 0.25) is 0 Å². The SMILES string of the molecule is Cc1sc2nc(Cn3cc(C(C)N)nn3)nc(N)c2c1C. The Labute approximate surface area is 126 Å². The van der Waals surface area contributed by atoms with Gasteiger partial charge in [-0.1, -0.05) is 5.21 Å². The van der Waals surface area contributed by atoms with E-state index in [1.807, 2.05) is 13.8 Å². The van der Waals surface area contributed by atoms with Crippen molar-refractivity contribution in [1.29, 1.82) is 0 Å². The molecule has 3 aromatic rings. The number of nitrogen functional groups attached to an aromatic ring is 1. The Morgan fingerprint density at radius 1 is 1.33 bits per heavy atom. The minimum atomic E-state index is -0.144. The third-order valence-corrected chi connectivity index (χ3v) is 4.53. The maximum Gasteiger partial charge on any atom is 0.153 e. The molecular formula is C13H17N7S. The third kappa shape index (κ3) is 2.47. The molecule has 110 valence electrons. The van der Waals surface area contributed by atoms with Crippen LogP contribution in [0.3, 0.4) is 0 Å². The number of thiophene rings is 1. The van der Waals surface area contributed by atoms with Gasteiger partial charge in [0.1, 0.15) is 17.2 Å². The summed E-state index contributed by atoms with van der Waals surface area (Å²) < 4.78 is 1.67. The average molecular weight is 303 g/mol. The number of hydrogen-bond acceptors (Lipinski definition) is 7. The highest BCUT2D eigenvalue weighted by Crippen LogP contribution is 2.31. The number of fused-ring (bicyclic) bond motifs is 1. The van der Waals surface area contributed by atoms with Crippen molar-refractivity contribution >= 4 is 27.4 Å². The van der Waals surface area contributed by atoms with Gasteiger partial charge in [-0.05, 0) is 26.3 Å². The van der Waals surface area contributed by atoms with Gasteiger partial charge in [-0.2, -0.15) is 0 Å². The summed E-state index contributed by atoms with van der Waals surface area (Å²) in [6.07, 6.45) is 1.80. The fraction of sp³-hybridized carbons (Fsp3) is 0.385. The largest absolute Gasteiger partial charge is 0.383 e. The fourth-order valence-electron chi connectivity index (χ4n) is 2.14. The molecule has 7 nitrogen and oxygen atoms in total. The monoisotopic (exact) mass is 303 g/mol. The molecule has 1 unspecified atom stereocenters. The lowest BCUT2D eigenvalue weighted by Gasteiger charge is -2.03. The summed E-state index contributed by atoms with van der Waals surface area (Å²) in [6, 6.07) is -0.144. The third-order valence-electron chi connectivity index (χ3n) is 3.43. The molecule has 0 spiro atoms. The fourth-order valence-corrected chi connectivity index (χ4v) is 3.20. The van der Waals surface area contributed by atoms with Crippen LogP contribution in [-0.2, 0) is 6.54 Å². The molecule has 4 N–H and O–H groups in total. The second-order valence-corrected chi connectivity index (χ2v) is 6.32. The minimum absolute atomic E-state index is 0.144. The predicted octanol–water partition coefficient (Wildman–Crippen LogP) is 1.55. The number of nitrogens with zero attached hydrogens (tertiary/aromatic N) is 5. The minimum Gasteiger partial charge on any atom is -0.383 e. The molecule has 3 aromatic heterocycles. The molecule has 0 amide bonds. The van der Waals surface area contributed by atoms with Crippen LogP contribution in [0.4, 0.5) is 5.82 Å². The van der Waals surface area contributed by atoms with Crippen LogP contribution in [0.5, 0.6) is 0 Å². The van der Waals surface area contributed by atoms with Crippen LogP contribution in [0.25, 0.3) is 10.2 Å². The molecular weight excluding hydrogens is 286 g/mol. The molecule has 0 fully saturated rings. The van der Waals surface area contributed by atoms with Gasteiger partial charge in [-0.15, -0.1) is 16.4 Å². The quantitative estimate of drug-likeness (QED) is 0.760. The van der Waals surface area contributed by atoms with E-state index in [1.165, 1.54) is 4.88 Å². The molecule has 0 bridgehead atoms. The van der Waals surface area contributed by atoms with Crippen LogP contribution < -0.4 is 11.5 Å². The van der Waals surface area contributed by atoms with Crippen molar-refractivity contribution in [3.63, 3.8) is 0 Å². The lowest BCUT2D eigenvalue weighted by molar-refractivity contribution is 0.627. The average Bonchev–Trinajstić information content (AvgIpc) is 2.96. The van der Waals surface area contributed by atoms with Gasteiger partial charge >= 0.3 is 0 Å². The lowest BCUT2D eigenvalue weighted by Crippen LogP contribution is -2.07. The Morgan fingerprint density at radius 3 is 2.76 bits per heavy atom. The van der Waals surface area contributed by atoms with E-state index < -0.39 is 0 Å². The highest BCUT2D eigenvalue weighted by atomic mass is 32.1. The van der Waals surface area contributed by atoms with E-state index >= 15 is 0 Å². The smallest absolute Gasteiger partial charge is 0.153 e. The zero-order valence-corrected chi connectivity index (χ0v) is 13.0. The first-order valence-electron chi connectivity index (χ1n) is 6.63. The topological polar surface area (TPSA) is 109 Å². The molecule has 3 rings (SSSR count). The summed E-state index contributed by atoms with van der Waals surface area (Å²) in [6.45, 7) is 6.40. The Balaban J connectivity index is 1.97. The van der Waals surface area contributed by atoms with Gasteiger partial charge in [-0.3, -0.25) is 0 Å². The summed E-state index contributed by atoms with van der Waals surface area (Å²) in [5.41, 5.74) is 13.7. The van der Waals surface area contributed by atoms with Gasteiger partial charge in [0.2, 0.25) is 0 Å². The van der Waals surface area contributed by atoms with Crippen molar-refractivity contribution in [1.82, 2.24) is 25.0 Å². The zero-order chi connectivity index (χ0) is 15.1. The maximum atomic E-state index is 6.07. The van der Waals surface area contributed by atoms with Gasteiger partial charge < -0.3 is 11.5 Å². The number of hydrogen-bond donors (Lipinski definition) is 2. The van der Waals surface area contributed by atoms with Gasteiger partial charge in [0.25, 0.3) is 0 Å². The Hall–Kier alpha value is -2.06. The van der Waals surface area contributed by atoms with Crippen LogP contribution in [0, 0.1) is 13.8 Å². The van der Waals surface area contributed by atoms with Crippen LogP contribution in [0.1, 0.15) is 34.9 Å². The molecule has 0 saturated heterocycles. The maximum absolute atomic E-state index is 6.07. The summed E-state index contributed by atoms with van der Waals surface area (Å²) in [5.74, 6) is 1.15. The number of aryl methyl sites for hydroxylation is 2. The van der Waals surface area contributed by atoms with E-state index in [0.29, 0.717) is 18.2 Å². The van der Waals surface area contributed by atoms with Crippen molar-refractivity contribution in [3.05, 3.63) is 28.2 Å². The number of anilines is 1. The van der Waals surface area contributed by atoms with Crippen LogP contribution in [0.15, 0.2) is 6.20 Å². The second-order valence-electron chi connectivity index (χ2n) is 5.12. The molecule has 0 saturated carbocycles. The van der Waals surface area contributed by atoms with E-state index in [0.717, 1.165) is 21.5 Å². The molecule has 0 aliphatic carbocycles. The van der Waals surface area contributed by atoms with Gasteiger partial charge in [0, 0.05) is 10.9 Å². The van der Waals surface area contributed by atoms with Crippen LogP contribution >= 0.6 is 11.3 Å². The highest BCUT2D eigenvalue weighted by molar-refractivity contribution is 7.18. The summed E-state index contributed by atoms with van der Waals surface area (Å²) in [7, 11) is 0. The molecule has 0 aliphatic rings. The number of aromatic nitrogens is 5. The van der Waals surface area contributed by atoms with Gasteiger partial charge in [-0.25, -0.2) is 14.6 Å². The molecule has 3 heterocycles. The molecule has 1 atom stereocenters. The van der Waals surface area contributed by atoms with Crippen molar-refractivity contribution in [3.8, 4) is 0 Å². The summed E-state index contributed by atoms with van der Waals surface area (Å²) in [4.78, 5) is 11.1. The zero-order valence-electron chi connectivity index (χ0n) is 12.2. The first kappa shape index (κ1) is 13.9. The lowest BCUT2D eigenvalue weighted by atomic mass is 10.2. The van der Waals surface area contributed by atoms with Crippen molar-refractivity contribution < 1.29 is 0 Å². The Morgan fingerprint density at radius 2 is 2.10 bits per heavy atom. The normalized spacial score (nSPS) is 13.0. The van der Waals surface area contributed by atoms with Gasteiger partial charge in [0.15, 0.2) is 5.82 Å². The standard InChI is InChI=1S/C13H17N7S/c1-6-8(3)21-13-11(6)12(15)16-10(17-13)5-20-4-9(7(2)14)18-19-20/h4,7H,5,14H2,1-3H3,(H2,15,16,17). The number of nitrogens with two attached hydrogens (primary N) is 2. The van der Waals surface area contributed by atoms with Crippen molar-refractivity contribution in [2.45, 2.75) is 33.4 Å². The highest BCUT2D eigenvalue weighted by Gasteiger charge is 2.13. The van der Waals surface area contributed by atoms with Crippen molar-refractivity contribution in [2.75, 3.05) is 5.73 Å². The van der Waals surface area contributed by atoms with E-state index in [-0.39, 0.29) is 6.04 Å². The van der Waals surface area contributed by atoms with E-state index in [1.54, 1.807) is 22.2 Å². The summed E-state index contributed by atoms with van der Waals surface area (Å²) in [5, 5.41) is 9.01. The second kappa shape index (κ2) is 5.05. The molecule has 0 aromatic carbocycles. The van der Waals surface area contributed by atoms with Crippen molar-refractivity contribution in [2.24, 2.45) is 5.73 Å². The predicted molar refractivity (Wildman–Crippen MR) is 83.0 cm³/mol. The Kier molecular flexibility index (Phi) is 3.34. The first-order chi connectivity index (χ1) is 9.95. The molecule has 0 radical (unpaired) electrons. The molecule has 0 aliphatic heterocycles. The van der Waals surface area contributed by atoms with Crippen LogP contribution in [-0.4, -0.2) is 25.0 Å². The Bertz CT molecular complexity index is 802. The number of rotatable bonds is 3. The van der Waals surface area contributed by atoms with E-state index in [4.69, 9.17) is 11.5 Å². The molecule has 8 heteroatoms. The molecule has 21 heavy (non-hydrogen) atoms. The van der Waals surface area contributed by atoms with E-state index in [9.17, 15) is 0 Å². The first-order valence-corrected chi connectivity index (χ1v) is 7.45. The van der Waals surface area contributed by atoms with E-state index in [2.05, 4.69) is 27.2 Å².